The molecule has 0 saturated heterocycles. The number of thiophene rings is 1. The molecule has 2 N–H and O–H groups in total. The summed E-state index contributed by atoms with van der Waals surface area (Å²) in [5.74, 6) is -1.25. The Labute approximate surface area is 122 Å². The monoisotopic (exact) mass is 329 g/mol. The Hall–Kier alpha value is -1.96. The maximum atomic E-state index is 12.1. The molecule has 2 aromatic heterocycles. The molecule has 0 aliphatic carbocycles. The van der Waals surface area contributed by atoms with Gasteiger partial charge in [0.1, 0.15) is 25.7 Å². The van der Waals surface area contributed by atoms with Crippen LogP contribution in [0.5, 0.6) is 0 Å². The van der Waals surface area contributed by atoms with E-state index in [9.17, 15) is 13.2 Å². The molecule has 7 nitrogen and oxygen atoms in total. The van der Waals surface area contributed by atoms with Crippen LogP contribution in [0.3, 0.4) is 0 Å². The van der Waals surface area contributed by atoms with Crippen LogP contribution < -0.4 is 4.72 Å². The molecule has 104 valence electrons. The van der Waals surface area contributed by atoms with Crippen LogP contribution in [-0.2, 0) is 10.0 Å². The highest BCUT2D eigenvalue weighted by Crippen LogP contribution is 2.29. The van der Waals surface area contributed by atoms with Gasteiger partial charge in [0.25, 0.3) is 10.0 Å². The second-order valence-electron chi connectivity index (χ2n) is 3.61. The van der Waals surface area contributed by atoms with Crippen molar-refractivity contribution in [1.82, 2.24) is 4.37 Å². The van der Waals surface area contributed by atoms with E-state index in [4.69, 9.17) is 10.4 Å². The standard InChI is InChI=1S/C10H7N3O4S3/c1-5-8(10(14)15)9(19-12-5)13-20(16,17)7-3-2-6(4-11)18-7/h2-3,13H,1H3,(H,14,15). The van der Waals surface area contributed by atoms with Crippen molar-refractivity contribution in [3.05, 3.63) is 28.3 Å². The minimum atomic E-state index is -3.92. The molecule has 20 heavy (non-hydrogen) atoms. The first kappa shape index (κ1) is 14.4. The molecule has 0 bridgehead atoms. The molecule has 0 aliphatic heterocycles. The molecule has 0 unspecified atom stereocenters. The number of aromatic carboxylic acids is 1. The third-order valence-corrected chi connectivity index (χ3v) is 6.07. The minimum absolute atomic E-state index is 0.0538. The van der Waals surface area contributed by atoms with Gasteiger partial charge in [-0.1, -0.05) is 0 Å². The maximum absolute atomic E-state index is 12.1. The van der Waals surface area contributed by atoms with E-state index in [0.29, 0.717) is 0 Å². The van der Waals surface area contributed by atoms with E-state index < -0.39 is 16.0 Å². The summed E-state index contributed by atoms with van der Waals surface area (Å²) in [6.45, 7) is 1.48. The summed E-state index contributed by atoms with van der Waals surface area (Å²) in [6, 6.07) is 4.52. The Bertz CT molecular complexity index is 813. The molecule has 2 aromatic rings. The Morgan fingerprint density at radius 2 is 2.20 bits per heavy atom. The first-order chi connectivity index (χ1) is 9.35. The summed E-state index contributed by atoms with van der Waals surface area (Å²) in [7, 11) is -3.92. The van der Waals surface area contributed by atoms with Crippen LogP contribution in [0, 0.1) is 18.3 Å². The first-order valence-corrected chi connectivity index (χ1v) is 8.15. The van der Waals surface area contributed by atoms with Crippen LogP contribution in [0.4, 0.5) is 5.00 Å². The van der Waals surface area contributed by atoms with Crippen LogP contribution in [-0.4, -0.2) is 23.9 Å². The predicted octanol–water partition coefficient (Wildman–Crippen LogP) is 1.88. The second-order valence-corrected chi connectivity index (χ2v) is 7.38. The number of hydrogen-bond acceptors (Lipinski definition) is 7. The summed E-state index contributed by atoms with van der Waals surface area (Å²) in [5.41, 5.74) is 0.0692. The fourth-order valence-electron chi connectivity index (χ4n) is 1.39. The zero-order valence-corrected chi connectivity index (χ0v) is 12.4. The molecule has 0 saturated carbocycles. The quantitative estimate of drug-likeness (QED) is 0.883. The second kappa shape index (κ2) is 5.20. The zero-order valence-electron chi connectivity index (χ0n) is 9.95. The number of aromatic nitrogens is 1. The number of carboxylic acid groups (broad SMARTS) is 1. The summed E-state index contributed by atoms with van der Waals surface area (Å²) < 4.78 is 30.1. The summed E-state index contributed by atoms with van der Waals surface area (Å²) in [5, 5.41) is 17.7. The van der Waals surface area contributed by atoms with Crippen molar-refractivity contribution >= 4 is 43.9 Å². The highest BCUT2D eigenvalue weighted by molar-refractivity contribution is 7.94. The Balaban J connectivity index is 2.39. The lowest BCUT2D eigenvalue weighted by Crippen LogP contribution is -2.13. The number of sulfonamides is 1. The van der Waals surface area contributed by atoms with E-state index in [1.165, 1.54) is 19.1 Å². The molecule has 0 radical (unpaired) electrons. The number of nitrogens with zero attached hydrogens (tertiary/aromatic N) is 2. The van der Waals surface area contributed by atoms with E-state index in [0.717, 1.165) is 22.9 Å². The predicted molar refractivity (Wildman–Crippen MR) is 73.7 cm³/mol. The van der Waals surface area contributed by atoms with Gasteiger partial charge in [-0.05, 0) is 30.6 Å². The molecule has 2 heterocycles. The molecule has 2 rings (SSSR count). The fourth-order valence-corrected chi connectivity index (χ4v) is 4.57. The molecule has 0 spiro atoms. The van der Waals surface area contributed by atoms with Gasteiger partial charge in [-0.15, -0.1) is 11.3 Å². The topological polar surface area (TPSA) is 120 Å². The van der Waals surface area contributed by atoms with E-state index >= 15 is 0 Å². The lowest BCUT2D eigenvalue weighted by molar-refractivity contribution is 0.0697. The lowest BCUT2D eigenvalue weighted by Gasteiger charge is -2.04. The largest absolute Gasteiger partial charge is 0.478 e. The Kier molecular flexibility index (Phi) is 3.76. The molecule has 0 atom stereocenters. The van der Waals surface area contributed by atoms with Crippen LogP contribution >= 0.6 is 22.9 Å². The smallest absolute Gasteiger partial charge is 0.340 e. The third-order valence-electron chi connectivity index (χ3n) is 2.26. The van der Waals surface area contributed by atoms with Crippen molar-refractivity contribution in [3.8, 4) is 6.07 Å². The first-order valence-electron chi connectivity index (χ1n) is 5.07. The summed E-state index contributed by atoms with van der Waals surface area (Å²) in [4.78, 5) is 11.3. The van der Waals surface area contributed by atoms with Crippen molar-refractivity contribution < 1.29 is 18.3 Å². The van der Waals surface area contributed by atoms with E-state index in [1.807, 2.05) is 6.07 Å². The highest BCUT2D eigenvalue weighted by Gasteiger charge is 2.24. The highest BCUT2D eigenvalue weighted by atomic mass is 32.2. The number of rotatable bonds is 4. The van der Waals surface area contributed by atoms with Crippen LogP contribution in [0.25, 0.3) is 0 Å². The number of carbonyl (C=O) groups is 1. The van der Waals surface area contributed by atoms with Gasteiger partial charge in [0.05, 0.1) is 5.69 Å². The van der Waals surface area contributed by atoms with Crippen molar-refractivity contribution in [2.45, 2.75) is 11.1 Å². The molecule has 0 aliphatic rings. The third kappa shape index (κ3) is 2.64. The lowest BCUT2D eigenvalue weighted by atomic mass is 10.2. The average Bonchev–Trinajstić information content (AvgIpc) is 2.96. The van der Waals surface area contributed by atoms with Crippen molar-refractivity contribution in [3.63, 3.8) is 0 Å². The van der Waals surface area contributed by atoms with Gasteiger partial charge in [-0.2, -0.15) is 9.64 Å². The van der Waals surface area contributed by atoms with Crippen LogP contribution in [0.15, 0.2) is 16.3 Å². The van der Waals surface area contributed by atoms with Gasteiger partial charge >= 0.3 is 5.97 Å². The van der Waals surface area contributed by atoms with Gasteiger partial charge in [-0.25, -0.2) is 13.2 Å². The van der Waals surface area contributed by atoms with E-state index in [2.05, 4.69) is 9.10 Å². The molecule has 0 aromatic carbocycles. The van der Waals surface area contributed by atoms with Gasteiger partial charge < -0.3 is 5.11 Å². The molecule has 0 fully saturated rings. The average molecular weight is 329 g/mol. The number of nitriles is 1. The van der Waals surface area contributed by atoms with Gasteiger partial charge in [0.15, 0.2) is 0 Å². The number of aryl methyl sites for hydroxylation is 1. The van der Waals surface area contributed by atoms with Gasteiger partial charge in [-0.3, -0.25) is 4.72 Å². The maximum Gasteiger partial charge on any atom is 0.340 e. The molecule has 10 heteroatoms. The van der Waals surface area contributed by atoms with Gasteiger partial charge in [0, 0.05) is 0 Å². The molecule has 0 amide bonds. The Morgan fingerprint density at radius 1 is 1.50 bits per heavy atom. The Morgan fingerprint density at radius 3 is 2.75 bits per heavy atom. The summed E-state index contributed by atoms with van der Waals surface area (Å²) >= 11 is 1.56. The zero-order chi connectivity index (χ0) is 14.9. The number of hydrogen-bond donors (Lipinski definition) is 2. The van der Waals surface area contributed by atoms with Crippen molar-refractivity contribution in [1.29, 1.82) is 5.26 Å². The number of anilines is 1. The van der Waals surface area contributed by atoms with Crippen molar-refractivity contribution in [2.24, 2.45) is 0 Å². The van der Waals surface area contributed by atoms with E-state index in [-0.39, 0.29) is 25.3 Å². The fraction of sp³-hybridized carbons (Fsp3) is 0.100. The molecular formula is C10H7N3O4S3. The van der Waals surface area contributed by atoms with Crippen LogP contribution in [0.1, 0.15) is 20.9 Å². The number of carboxylic acids is 1. The normalized spacial score (nSPS) is 11.0. The van der Waals surface area contributed by atoms with E-state index in [1.54, 1.807) is 0 Å². The van der Waals surface area contributed by atoms with Crippen molar-refractivity contribution in [2.75, 3.05) is 4.72 Å². The number of nitrogens with one attached hydrogen (secondary N) is 1. The van der Waals surface area contributed by atoms with Crippen LogP contribution in [0.2, 0.25) is 0 Å². The molecular weight excluding hydrogens is 322 g/mol. The summed E-state index contributed by atoms with van der Waals surface area (Å²) in [6.07, 6.45) is 0. The minimum Gasteiger partial charge on any atom is -0.478 e. The van der Waals surface area contributed by atoms with Gasteiger partial charge in [0.2, 0.25) is 0 Å². The SMILES string of the molecule is Cc1nsc(NS(=O)(=O)c2ccc(C#N)s2)c1C(=O)O.